The largest absolute Gasteiger partial charge is 0.492 e. The summed E-state index contributed by atoms with van der Waals surface area (Å²) in [6.45, 7) is 0.824. The molecule has 0 spiro atoms. The summed E-state index contributed by atoms with van der Waals surface area (Å²) in [7, 11) is -1.61. The Balaban J connectivity index is 1.82. The fourth-order valence-electron chi connectivity index (χ4n) is 3.19. The smallest absolute Gasteiger partial charge is 0.211 e. The number of benzene rings is 1. The monoisotopic (exact) mass is 405 g/mol. The molecule has 2 bridgehead atoms. The lowest BCUT2D eigenvalue weighted by molar-refractivity contribution is 0.268. The number of hydrogen-bond acceptors (Lipinski definition) is 6. The zero-order valence-electron chi connectivity index (χ0n) is 15.5. The van der Waals surface area contributed by atoms with E-state index in [2.05, 4.69) is 10.1 Å². The molecule has 8 nitrogen and oxygen atoms in total. The highest BCUT2D eigenvalue weighted by Gasteiger charge is 2.21. The predicted molar refractivity (Wildman–Crippen MR) is 102 cm³/mol. The predicted octanol–water partition coefficient (Wildman–Crippen LogP) is 1.66. The van der Waals surface area contributed by atoms with Gasteiger partial charge in [0.25, 0.3) is 0 Å². The molecular formula is C18H20FN5O3S. The van der Waals surface area contributed by atoms with E-state index in [-0.39, 0.29) is 25.5 Å². The Morgan fingerprint density at radius 3 is 2.79 bits per heavy atom. The fourth-order valence-corrected chi connectivity index (χ4v) is 3.97. The van der Waals surface area contributed by atoms with Crippen LogP contribution in [-0.2, 0) is 23.1 Å². The molecule has 0 radical (unpaired) electrons. The Hall–Kier alpha value is -2.72. The first-order valence-electron chi connectivity index (χ1n) is 8.72. The molecule has 4 rings (SSSR count). The van der Waals surface area contributed by atoms with Crippen molar-refractivity contribution in [2.45, 2.75) is 13.1 Å². The molecule has 0 saturated carbocycles. The van der Waals surface area contributed by atoms with Crippen LogP contribution in [0.1, 0.15) is 11.1 Å². The Kier molecular flexibility index (Phi) is 4.68. The summed E-state index contributed by atoms with van der Waals surface area (Å²) in [6, 6.07) is 6.11. The van der Waals surface area contributed by atoms with Crippen LogP contribution in [0.15, 0.2) is 36.7 Å². The Labute approximate surface area is 162 Å². The summed E-state index contributed by atoms with van der Waals surface area (Å²) in [6.07, 6.45) is 4.55. The van der Waals surface area contributed by atoms with Crippen LogP contribution in [0.4, 0.5) is 10.2 Å². The maximum Gasteiger partial charge on any atom is 0.211 e. The molecule has 28 heavy (non-hydrogen) atoms. The van der Waals surface area contributed by atoms with Crippen molar-refractivity contribution in [1.29, 1.82) is 0 Å². The molecule has 3 aromatic rings. The molecule has 1 aliphatic heterocycles. The average Bonchev–Trinajstić information content (AvgIpc) is 3.03. The van der Waals surface area contributed by atoms with Gasteiger partial charge in [0.1, 0.15) is 24.0 Å². The topological polar surface area (TPSA) is 80.0 Å². The lowest BCUT2D eigenvalue weighted by atomic mass is 10.2. The van der Waals surface area contributed by atoms with Crippen LogP contribution in [0, 0.1) is 5.82 Å². The molecule has 1 aliphatic rings. The van der Waals surface area contributed by atoms with Gasteiger partial charge in [-0.05, 0) is 24.3 Å². The van der Waals surface area contributed by atoms with E-state index in [4.69, 9.17) is 4.74 Å². The van der Waals surface area contributed by atoms with Crippen LogP contribution in [0.2, 0.25) is 0 Å². The Bertz CT molecular complexity index is 1130. The molecule has 0 saturated heterocycles. The van der Waals surface area contributed by atoms with Crippen molar-refractivity contribution >= 4 is 21.5 Å². The molecular weight excluding hydrogens is 385 g/mol. The number of hydrogen-bond donors (Lipinski definition) is 0. The molecule has 0 N–H and O–H groups in total. The first-order valence-corrected chi connectivity index (χ1v) is 10.6. The van der Waals surface area contributed by atoms with Crippen LogP contribution >= 0.6 is 0 Å². The molecule has 0 unspecified atom stereocenters. The van der Waals surface area contributed by atoms with E-state index in [9.17, 15) is 12.8 Å². The van der Waals surface area contributed by atoms with Gasteiger partial charge in [-0.15, -0.1) is 0 Å². The van der Waals surface area contributed by atoms with Gasteiger partial charge in [-0.2, -0.15) is 9.40 Å². The third-order valence-electron chi connectivity index (χ3n) is 4.66. The van der Waals surface area contributed by atoms with Crippen molar-refractivity contribution in [2.24, 2.45) is 0 Å². The van der Waals surface area contributed by atoms with E-state index < -0.39 is 10.0 Å². The lowest BCUT2D eigenvalue weighted by Gasteiger charge is -2.21. The van der Waals surface area contributed by atoms with Crippen LogP contribution in [0.25, 0.3) is 5.65 Å². The number of anilines is 1. The summed E-state index contributed by atoms with van der Waals surface area (Å²) in [4.78, 5) is 6.52. The summed E-state index contributed by atoms with van der Waals surface area (Å²) in [5.41, 5.74) is 1.93. The molecule has 3 heterocycles. The van der Waals surface area contributed by atoms with Crippen LogP contribution in [0.3, 0.4) is 0 Å². The van der Waals surface area contributed by atoms with Gasteiger partial charge in [-0.3, -0.25) is 0 Å². The van der Waals surface area contributed by atoms with Crippen LogP contribution in [-0.4, -0.2) is 53.8 Å². The number of halogens is 1. The normalized spacial score (nSPS) is 16.2. The van der Waals surface area contributed by atoms with Crippen LogP contribution in [0.5, 0.6) is 5.75 Å². The van der Waals surface area contributed by atoms with Crippen LogP contribution < -0.4 is 9.64 Å². The van der Waals surface area contributed by atoms with E-state index in [1.54, 1.807) is 29.0 Å². The highest BCUT2D eigenvalue weighted by atomic mass is 32.2. The number of aromatic nitrogens is 3. The van der Waals surface area contributed by atoms with Crippen molar-refractivity contribution in [3.8, 4) is 5.75 Å². The second-order valence-electron chi connectivity index (χ2n) is 6.78. The summed E-state index contributed by atoms with van der Waals surface area (Å²) >= 11 is 0. The molecule has 2 aromatic heterocycles. The number of rotatable bonds is 1. The van der Waals surface area contributed by atoms with Crippen molar-refractivity contribution in [3.05, 3.63) is 53.6 Å². The standard InChI is InChI=1S/C18H20FN5O3S/c1-22-11-13-9-15(19)3-4-16(13)27-8-7-23(28(2,25)26)12-14-10-20-24-6-5-17(22)21-18(14)24/h3-6,9-10H,7-8,11-12H2,1-2H3. The molecule has 10 heteroatoms. The molecule has 0 fully saturated rings. The first kappa shape index (κ1) is 18.6. The minimum Gasteiger partial charge on any atom is -0.492 e. The highest BCUT2D eigenvalue weighted by Crippen LogP contribution is 2.25. The minimum atomic E-state index is -3.47. The average molecular weight is 405 g/mol. The molecule has 148 valence electrons. The number of nitrogens with zero attached hydrogens (tertiary/aromatic N) is 5. The highest BCUT2D eigenvalue weighted by molar-refractivity contribution is 7.88. The van der Waals surface area contributed by atoms with Crippen molar-refractivity contribution in [2.75, 3.05) is 31.4 Å². The molecule has 0 atom stereocenters. The van der Waals surface area contributed by atoms with Gasteiger partial charge in [-0.25, -0.2) is 22.3 Å². The Morgan fingerprint density at radius 1 is 1.18 bits per heavy atom. The zero-order valence-corrected chi connectivity index (χ0v) is 16.4. The summed E-state index contributed by atoms with van der Waals surface area (Å²) < 4.78 is 47.0. The van der Waals surface area contributed by atoms with Gasteiger partial charge in [0.2, 0.25) is 10.0 Å². The maximum atomic E-state index is 13.8. The van der Waals surface area contributed by atoms with Crippen molar-refractivity contribution < 1.29 is 17.5 Å². The van der Waals surface area contributed by atoms with E-state index in [1.807, 2.05) is 11.9 Å². The van der Waals surface area contributed by atoms with Crippen molar-refractivity contribution in [1.82, 2.24) is 18.9 Å². The van der Waals surface area contributed by atoms with Gasteiger partial charge in [0.05, 0.1) is 12.5 Å². The van der Waals surface area contributed by atoms with Gasteiger partial charge < -0.3 is 9.64 Å². The number of fused-ring (bicyclic) bond motifs is 2. The SMILES string of the molecule is CN1Cc2cc(F)ccc2OCCN(S(C)(=O)=O)Cc2cnn3ccc1nc23. The minimum absolute atomic E-state index is 0.141. The summed E-state index contributed by atoms with van der Waals surface area (Å²) in [5.74, 6) is 0.818. The van der Waals surface area contributed by atoms with E-state index in [1.165, 1.54) is 16.4 Å². The third kappa shape index (κ3) is 3.65. The second kappa shape index (κ2) is 7.02. The van der Waals surface area contributed by atoms with E-state index in [0.717, 1.165) is 6.26 Å². The quantitative estimate of drug-likeness (QED) is 0.613. The van der Waals surface area contributed by atoms with Gasteiger partial charge in [-0.1, -0.05) is 0 Å². The van der Waals surface area contributed by atoms with E-state index in [0.29, 0.717) is 34.9 Å². The maximum absolute atomic E-state index is 13.8. The van der Waals surface area contributed by atoms with Crippen molar-refractivity contribution in [3.63, 3.8) is 0 Å². The second-order valence-corrected chi connectivity index (χ2v) is 8.76. The summed E-state index contributed by atoms with van der Waals surface area (Å²) in [5, 5.41) is 4.26. The Morgan fingerprint density at radius 2 is 2.00 bits per heavy atom. The number of sulfonamides is 1. The molecule has 1 aromatic carbocycles. The van der Waals surface area contributed by atoms with E-state index >= 15 is 0 Å². The molecule has 0 aliphatic carbocycles. The van der Waals surface area contributed by atoms with Gasteiger partial charge in [0, 0.05) is 44.0 Å². The number of ether oxygens (including phenoxy) is 1. The lowest BCUT2D eigenvalue weighted by Crippen LogP contribution is -2.33. The van der Waals surface area contributed by atoms with Gasteiger partial charge in [0.15, 0.2) is 5.65 Å². The molecule has 0 amide bonds. The first-order chi connectivity index (χ1) is 13.3. The third-order valence-corrected chi connectivity index (χ3v) is 5.91. The zero-order chi connectivity index (χ0) is 19.9. The van der Waals surface area contributed by atoms with Gasteiger partial charge >= 0.3 is 0 Å². The fraction of sp³-hybridized carbons (Fsp3) is 0.333.